The molecule has 0 heterocycles. The molecular formula is C12H16N2O2S. The predicted octanol–water partition coefficient (Wildman–Crippen LogP) is 1.70. The molecule has 0 aliphatic carbocycles. The minimum Gasteiger partial charge on any atom is -0.389 e. The molecule has 1 atom stereocenters. The van der Waals surface area contributed by atoms with Gasteiger partial charge in [-0.25, -0.2) is 0 Å². The van der Waals surface area contributed by atoms with Gasteiger partial charge in [-0.2, -0.15) is 5.26 Å². The molecule has 0 fully saturated rings. The first kappa shape index (κ1) is 13.8. The van der Waals surface area contributed by atoms with E-state index in [-0.39, 0.29) is 6.61 Å². The van der Waals surface area contributed by atoms with Crippen molar-refractivity contribution >= 4 is 17.4 Å². The van der Waals surface area contributed by atoms with E-state index in [1.165, 1.54) is 18.9 Å². The second-order valence-corrected chi connectivity index (χ2v) is 4.33. The largest absolute Gasteiger partial charge is 0.389 e. The molecule has 0 aliphatic heterocycles. The molecule has 5 heteroatoms. The van der Waals surface area contributed by atoms with E-state index < -0.39 is 6.10 Å². The number of methoxy groups -OCH3 is 1. The highest BCUT2D eigenvalue weighted by Gasteiger charge is 2.09. The molecule has 0 aromatic heterocycles. The first-order valence-corrected chi connectivity index (χ1v) is 6.43. The fourth-order valence-electron chi connectivity index (χ4n) is 1.44. The van der Waals surface area contributed by atoms with E-state index in [1.54, 1.807) is 0 Å². The molecule has 1 rings (SSSR count). The summed E-state index contributed by atoms with van der Waals surface area (Å²) >= 11 is 1.53. The summed E-state index contributed by atoms with van der Waals surface area (Å²) < 4.78 is 4.83. The third-order valence-corrected chi connectivity index (χ3v) is 3.03. The van der Waals surface area contributed by atoms with Gasteiger partial charge in [-0.3, -0.25) is 0 Å². The molecule has 0 aliphatic rings. The smallest absolute Gasteiger partial charge is 0.102 e. The SMILES string of the molecule is COCC(O)CNc1cccc(SC)c1C#N. The van der Waals surface area contributed by atoms with Crippen LogP contribution in [-0.2, 0) is 4.74 Å². The predicted molar refractivity (Wildman–Crippen MR) is 69.3 cm³/mol. The van der Waals surface area contributed by atoms with Crippen molar-refractivity contribution in [3.63, 3.8) is 0 Å². The number of nitriles is 1. The van der Waals surface area contributed by atoms with E-state index in [4.69, 9.17) is 10.00 Å². The van der Waals surface area contributed by atoms with Crippen LogP contribution in [0.25, 0.3) is 0 Å². The number of aliphatic hydroxyl groups is 1. The van der Waals surface area contributed by atoms with Crippen LogP contribution >= 0.6 is 11.8 Å². The highest BCUT2D eigenvalue weighted by molar-refractivity contribution is 7.98. The zero-order valence-corrected chi connectivity index (χ0v) is 10.8. The summed E-state index contributed by atoms with van der Waals surface area (Å²) in [6.45, 7) is 0.636. The van der Waals surface area contributed by atoms with Crippen LogP contribution in [0, 0.1) is 11.3 Å². The standard InChI is InChI=1S/C12H16N2O2S/c1-16-8-9(15)7-14-11-4-3-5-12(17-2)10(11)6-13/h3-5,9,14-15H,7-8H2,1-2H3. The first-order valence-electron chi connectivity index (χ1n) is 5.21. The van der Waals surface area contributed by atoms with Gasteiger partial charge in [0.1, 0.15) is 6.07 Å². The summed E-state index contributed by atoms with van der Waals surface area (Å²) in [6, 6.07) is 7.80. The molecule has 0 spiro atoms. The van der Waals surface area contributed by atoms with Crippen LogP contribution in [0.1, 0.15) is 5.56 Å². The summed E-state index contributed by atoms with van der Waals surface area (Å²) in [4.78, 5) is 0.929. The molecule has 0 saturated heterocycles. The Labute approximate surface area is 106 Å². The summed E-state index contributed by atoms with van der Waals surface area (Å²) in [5.41, 5.74) is 1.36. The van der Waals surface area contributed by atoms with Crippen molar-refractivity contribution < 1.29 is 9.84 Å². The number of anilines is 1. The van der Waals surface area contributed by atoms with Crippen LogP contribution in [0.2, 0.25) is 0 Å². The zero-order chi connectivity index (χ0) is 12.7. The third-order valence-electron chi connectivity index (χ3n) is 2.25. The Morgan fingerprint density at radius 2 is 2.35 bits per heavy atom. The van der Waals surface area contributed by atoms with E-state index in [1.807, 2.05) is 24.5 Å². The van der Waals surface area contributed by atoms with E-state index >= 15 is 0 Å². The van der Waals surface area contributed by atoms with Crippen molar-refractivity contribution in [1.82, 2.24) is 0 Å². The topological polar surface area (TPSA) is 65.3 Å². The molecular weight excluding hydrogens is 236 g/mol. The van der Waals surface area contributed by atoms with E-state index in [9.17, 15) is 5.11 Å². The Hall–Kier alpha value is -1.22. The average Bonchev–Trinajstić information content (AvgIpc) is 2.36. The van der Waals surface area contributed by atoms with Crippen LogP contribution in [0.15, 0.2) is 23.1 Å². The second-order valence-electron chi connectivity index (χ2n) is 3.48. The normalized spacial score (nSPS) is 11.9. The Balaban J connectivity index is 2.74. The molecule has 1 unspecified atom stereocenters. The quantitative estimate of drug-likeness (QED) is 0.754. The monoisotopic (exact) mass is 252 g/mol. The zero-order valence-electron chi connectivity index (χ0n) is 9.93. The maximum Gasteiger partial charge on any atom is 0.102 e. The van der Waals surface area contributed by atoms with Crippen molar-refractivity contribution in [2.75, 3.05) is 31.8 Å². The Bertz CT molecular complexity index is 404. The molecule has 17 heavy (non-hydrogen) atoms. The van der Waals surface area contributed by atoms with Gasteiger partial charge in [0.05, 0.1) is 24.0 Å². The maximum atomic E-state index is 9.52. The maximum absolute atomic E-state index is 9.52. The van der Waals surface area contributed by atoms with Gasteiger partial charge in [-0.15, -0.1) is 11.8 Å². The summed E-state index contributed by atoms with van der Waals surface area (Å²) in [5.74, 6) is 0. The third kappa shape index (κ3) is 3.93. The Kier molecular flexibility index (Phi) is 5.84. The molecule has 0 bridgehead atoms. The van der Waals surface area contributed by atoms with Crippen molar-refractivity contribution in [1.29, 1.82) is 5.26 Å². The van der Waals surface area contributed by atoms with Gasteiger partial charge in [-0.05, 0) is 18.4 Å². The van der Waals surface area contributed by atoms with Crippen molar-refractivity contribution in [2.24, 2.45) is 0 Å². The Morgan fingerprint density at radius 3 is 2.94 bits per heavy atom. The minimum absolute atomic E-state index is 0.275. The fraction of sp³-hybridized carbons (Fsp3) is 0.417. The lowest BCUT2D eigenvalue weighted by atomic mass is 10.2. The molecule has 92 valence electrons. The number of hydrogen-bond acceptors (Lipinski definition) is 5. The highest BCUT2D eigenvalue weighted by Crippen LogP contribution is 2.26. The van der Waals surface area contributed by atoms with Crippen molar-refractivity contribution in [3.05, 3.63) is 23.8 Å². The van der Waals surface area contributed by atoms with E-state index in [0.717, 1.165) is 10.6 Å². The lowest BCUT2D eigenvalue weighted by Gasteiger charge is -2.13. The van der Waals surface area contributed by atoms with Gasteiger partial charge in [0.15, 0.2) is 0 Å². The van der Waals surface area contributed by atoms with Crippen LogP contribution in [0.3, 0.4) is 0 Å². The number of nitrogens with one attached hydrogen (secondary N) is 1. The number of rotatable bonds is 6. The molecule has 0 radical (unpaired) electrons. The Morgan fingerprint density at radius 1 is 1.59 bits per heavy atom. The lowest BCUT2D eigenvalue weighted by Crippen LogP contribution is -2.24. The highest BCUT2D eigenvalue weighted by atomic mass is 32.2. The minimum atomic E-state index is -0.579. The van der Waals surface area contributed by atoms with Gasteiger partial charge in [0, 0.05) is 18.6 Å². The first-order chi connectivity index (χ1) is 8.22. The number of aliphatic hydroxyl groups excluding tert-OH is 1. The van der Waals surface area contributed by atoms with Crippen LogP contribution in [0.4, 0.5) is 5.69 Å². The number of ether oxygens (including phenoxy) is 1. The van der Waals surface area contributed by atoms with Crippen molar-refractivity contribution in [3.8, 4) is 6.07 Å². The van der Waals surface area contributed by atoms with Gasteiger partial charge in [0.2, 0.25) is 0 Å². The number of thioether (sulfide) groups is 1. The summed E-state index contributed by atoms with van der Waals surface area (Å²) in [5, 5.41) is 21.7. The van der Waals surface area contributed by atoms with Gasteiger partial charge < -0.3 is 15.2 Å². The summed E-state index contributed by atoms with van der Waals surface area (Å²) in [7, 11) is 1.54. The average molecular weight is 252 g/mol. The van der Waals surface area contributed by atoms with Crippen molar-refractivity contribution in [2.45, 2.75) is 11.0 Å². The number of nitrogens with zero attached hydrogens (tertiary/aromatic N) is 1. The van der Waals surface area contributed by atoms with Gasteiger partial charge >= 0.3 is 0 Å². The fourth-order valence-corrected chi connectivity index (χ4v) is 2.02. The van der Waals surface area contributed by atoms with Gasteiger partial charge in [-0.1, -0.05) is 6.07 Å². The molecule has 1 aromatic carbocycles. The van der Waals surface area contributed by atoms with Crippen LogP contribution in [0.5, 0.6) is 0 Å². The van der Waals surface area contributed by atoms with Crippen LogP contribution < -0.4 is 5.32 Å². The molecule has 4 nitrogen and oxygen atoms in total. The van der Waals surface area contributed by atoms with E-state index in [2.05, 4.69) is 11.4 Å². The summed E-state index contributed by atoms with van der Waals surface area (Å²) in [6.07, 6.45) is 1.35. The van der Waals surface area contributed by atoms with E-state index in [0.29, 0.717) is 12.1 Å². The number of hydrogen-bond donors (Lipinski definition) is 2. The molecule has 2 N–H and O–H groups in total. The molecule has 0 saturated carbocycles. The molecule has 0 amide bonds. The van der Waals surface area contributed by atoms with Gasteiger partial charge in [0.25, 0.3) is 0 Å². The number of benzene rings is 1. The molecule has 1 aromatic rings. The lowest BCUT2D eigenvalue weighted by molar-refractivity contribution is 0.0727. The second kappa shape index (κ2) is 7.17. The van der Waals surface area contributed by atoms with Crippen LogP contribution in [-0.4, -0.2) is 37.7 Å².